The molecule has 1 amide bonds. The summed E-state index contributed by atoms with van der Waals surface area (Å²) in [5.74, 6) is 0.842. The van der Waals surface area contributed by atoms with Crippen LogP contribution in [0.25, 0.3) is 0 Å². The number of carbonyl (C=O) groups is 1. The number of thiazole rings is 1. The first kappa shape index (κ1) is 14.9. The molecular weight excluding hydrogens is 298 g/mol. The first-order valence-corrected chi connectivity index (χ1v) is 8.39. The van der Waals surface area contributed by atoms with Gasteiger partial charge < -0.3 is 10.2 Å². The molecule has 22 heavy (non-hydrogen) atoms. The van der Waals surface area contributed by atoms with E-state index in [1.807, 2.05) is 5.38 Å². The molecule has 3 rings (SSSR count). The Hall–Kier alpha value is -2.02. The summed E-state index contributed by atoms with van der Waals surface area (Å²) < 4.78 is 0. The molecule has 0 unspecified atom stereocenters. The van der Waals surface area contributed by atoms with Crippen LogP contribution in [0.4, 0.5) is 5.95 Å². The summed E-state index contributed by atoms with van der Waals surface area (Å²) in [4.78, 5) is 27.2. The molecule has 3 heterocycles. The highest BCUT2D eigenvalue weighted by Gasteiger charge is 2.26. The summed E-state index contributed by atoms with van der Waals surface area (Å²) in [5, 5.41) is 6.04. The van der Waals surface area contributed by atoms with Crippen molar-refractivity contribution in [1.29, 1.82) is 0 Å². The third kappa shape index (κ3) is 3.79. The highest BCUT2D eigenvalue weighted by molar-refractivity contribution is 7.09. The third-order valence-electron chi connectivity index (χ3n) is 3.75. The maximum atomic E-state index is 12.3. The van der Waals surface area contributed by atoms with Gasteiger partial charge in [0.2, 0.25) is 11.9 Å². The van der Waals surface area contributed by atoms with Gasteiger partial charge in [0.15, 0.2) is 0 Å². The van der Waals surface area contributed by atoms with Gasteiger partial charge in [-0.2, -0.15) is 0 Å². The zero-order valence-electron chi connectivity index (χ0n) is 12.3. The van der Waals surface area contributed by atoms with Gasteiger partial charge in [0.1, 0.15) is 0 Å². The van der Waals surface area contributed by atoms with Gasteiger partial charge in [-0.25, -0.2) is 15.0 Å². The van der Waals surface area contributed by atoms with E-state index in [0.717, 1.165) is 30.8 Å². The largest absolute Gasteiger partial charge is 0.355 e. The maximum absolute atomic E-state index is 12.3. The van der Waals surface area contributed by atoms with Gasteiger partial charge >= 0.3 is 0 Å². The summed E-state index contributed by atoms with van der Waals surface area (Å²) in [7, 11) is 0. The lowest BCUT2D eigenvalue weighted by Gasteiger charge is -2.31. The van der Waals surface area contributed by atoms with Crippen LogP contribution in [-0.2, 0) is 11.2 Å². The Labute approximate surface area is 133 Å². The van der Waals surface area contributed by atoms with Crippen LogP contribution in [0.2, 0.25) is 0 Å². The van der Waals surface area contributed by atoms with Crippen LogP contribution in [0.3, 0.4) is 0 Å². The molecule has 1 atom stereocenters. The molecule has 1 saturated heterocycles. The van der Waals surface area contributed by atoms with Crippen molar-refractivity contribution in [3.63, 3.8) is 0 Å². The van der Waals surface area contributed by atoms with Crippen LogP contribution in [-0.4, -0.2) is 40.5 Å². The number of amides is 1. The Morgan fingerprint density at radius 2 is 2.18 bits per heavy atom. The van der Waals surface area contributed by atoms with Crippen molar-refractivity contribution in [3.05, 3.63) is 35.0 Å². The van der Waals surface area contributed by atoms with E-state index in [2.05, 4.69) is 25.2 Å². The second kappa shape index (κ2) is 7.31. The fourth-order valence-electron chi connectivity index (χ4n) is 2.64. The molecule has 1 aliphatic rings. The molecule has 1 aliphatic heterocycles. The summed E-state index contributed by atoms with van der Waals surface area (Å²) in [6, 6.07) is 1.80. The molecule has 2 aromatic rings. The number of rotatable bonds is 5. The Morgan fingerprint density at radius 3 is 2.95 bits per heavy atom. The number of nitrogens with one attached hydrogen (secondary N) is 1. The minimum atomic E-state index is 0.00820. The highest BCUT2D eigenvalue weighted by Crippen LogP contribution is 2.20. The summed E-state index contributed by atoms with van der Waals surface area (Å²) in [6.07, 6.45) is 7.97. The van der Waals surface area contributed by atoms with Crippen LogP contribution in [0.15, 0.2) is 30.0 Å². The molecule has 0 spiro atoms. The fraction of sp³-hybridized carbons (Fsp3) is 0.467. The quantitative estimate of drug-likeness (QED) is 0.905. The normalized spacial score (nSPS) is 18.2. The number of piperidine rings is 1. The second-order valence-corrected chi connectivity index (χ2v) is 6.28. The van der Waals surface area contributed by atoms with Crippen molar-refractivity contribution >= 4 is 23.2 Å². The molecule has 6 nitrogen and oxygen atoms in total. The van der Waals surface area contributed by atoms with Crippen molar-refractivity contribution in [3.8, 4) is 0 Å². The van der Waals surface area contributed by atoms with Crippen LogP contribution in [0.1, 0.15) is 17.8 Å². The summed E-state index contributed by atoms with van der Waals surface area (Å²) in [6.45, 7) is 2.24. The van der Waals surface area contributed by atoms with E-state index in [-0.39, 0.29) is 11.8 Å². The number of aromatic nitrogens is 3. The molecule has 1 fully saturated rings. The standard InChI is InChI=1S/C15H19N5OS/c21-14(17-7-4-13-16-8-10-22-13)12-3-1-9-20(11-12)15-18-5-2-6-19-15/h2,5-6,8,10,12H,1,3-4,7,9,11H2,(H,17,21)/t12-/m1/s1. The smallest absolute Gasteiger partial charge is 0.225 e. The topological polar surface area (TPSA) is 71.0 Å². The molecular formula is C15H19N5OS. The van der Waals surface area contributed by atoms with E-state index >= 15 is 0 Å². The van der Waals surface area contributed by atoms with E-state index in [1.54, 1.807) is 36.0 Å². The molecule has 7 heteroatoms. The van der Waals surface area contributed by atoms with E-state index in [4.69, 9.17) is 0 Å². The minimum Gasteiger partial charge on any atom is -0.355 e. The van der Waals surface area contributed by atoms with Crippen molar-refractivity contribution < 1.29 is 4.79 Å². The predicted octanol–water partition coefficient (Wildman–Crippen LogP) is 1.51. The fourth-order valence-corrected chi connectivity index (χ4v) is 3.26. The SMILES string of the molecule is O=C(NCCc1nccs1)[C@@H]1CCCN(c2ncccn2)C1. The Balaban J connectivity index is 1.49. The molecule has 0 bridgehead atoms. The van der Waals surface area contributed by atoms with E-state index in [1.165, 1.54) is 0 Å². The van der Waals surface area contributed by atoms with Crippen molar-refractivity contribution in [2.45, 2.75) is 19.3 Å². The molecule has 0 radical (unpaired) electrons. The lowest BCUT2D eigenvalue weighted by Crippen LogP contribution is -2.44. The first-order valence-electron chi connectivity index (χ1n) is 7.51. The first-order chi connectivity index (χ1) is 10.8. The monoisotopic (exact) mass is 317 g/mol. The molecule has 0 aliphatic carbocycles. The Kier molecular flexibility index (Phi) is 4.95. The second-order valence-electron chi connectivity index (χ2n) is 5.30. The van der Waals surface area contributed by atoms with E-state index in [0.29, 0.717) is 19.0 Å². The van der Waals surface area contributed by atoms with Crippen LogP contribution < -0.4 is 10.2 Å². The average molecular weight is 317 g/mol. The molecule has 0 aromatic carbocycles. The molecule has 116 valence electrons. The average Bonchev–Trinajstić information content (AvgIpc) is 3.09. The predicted molar refractivity (Wildman–Crippen MR) is 85.8 cm³/mol. The number of anilines is 1. The van der Waals surface area contributed by atoms with Gasteiger partial charge in [0.25, 0.3) is 0 Å². The number of hydrogen-bond donors (Lipinski definition) is 1. The number of nitrogens with zero attached hydrogens (tertiary/aromatic N) is 4. The summed E-state index contributed by atoms with van der Waals surface area (Å²) in [5.41, 5.74) is 0. The Bertz CT molecular complexity index is 589. The zero-order valence-corrected chi connectivity index (χ0v) is 13.1. The van der Waals surface area contributed by atoms with Gasteiger partial charge in [0.05, 0.1) is 10.9 Å². The maximum Gasteiger partial charge on any atom is 0.225 e. The van der Waals surface area contributed by atoms with Crippen molar-refractivity contribution in [1.82, 2.24) is 20.3 Å². The van der Waals surface area contributed by atoms with Crippen LogP contribution >= 0.6 is 11.3 Å². The van der Waals surface area contributed by atoms with Gasteiger partial charge in [-0.15, -0.1) is 11.3 Å². The minimum absolute atomic E-state index is 0.00820. The Morgan fingerprint density at radius 1 is 1.32 bits per heavy atom. The van der Waals surface area contributed by atoms with Crippen LogP contribution in [0, 0.1) is 5.92 Å². The highest BCUT2D eigenvalue weighted by atomic mass is 32.1. The number of hydrogen-bond acceptors (Lipinski definition) is 6. The molecule has 1 N–H and O–H groups in total. The van der Waals surface area contributed by atoms with E-state index in [9.17, 15) is 4.79 Å². The van der Waals surface area contributed by atoms with Crippen LogP contribution in [0.5, 0.6) is 0 Å². The summed E-state index contributed by atoms with van der Waals surface area (Å²) >= 11 is 1.62. The van der Waals surface area contributed by atoms with Crippen molar-refractivity contribution in [2.24, 2.45) is 5.92 Å². The van der Waals surface area contributed by atoms with Gasteiger partial charge in [-0.1, -0.05) is 0 Å². The van der Waals surface area contributed by atoms with Crippen molar-refractivity contribution in [2.75, 3.05) is 24.5 Å². The number of carbonyl (C=O) groups excluding carboxylic acids is 1. The molecule has 2 aromatic heterocycles. The van der Waals surface area contributed by atoms with E-state index < -0.39 is 0 Å². The third-order valence-corrected chi connectivity index (χ3v) is 4.59. The zero-order chi connectivity index (χ0) is 15.2. The van der Waals surface area contributed by atoms with Gasteiger partial charge in [0, 0.05) is 50.0 Å². The van der Waals surface area contributed by atoms with Gasteiger partial charge in [-0.05, 0) is 18.9 Å². The lowest BCUT2D eigenvalue weighted by molar-refractivity contribution is -0.125. The van der Waals surface area contributed by atoms with Gasteiger partial charge in [-0.3, -0.25) is 4.79 Å². The lowest BCUT2D eigenvalue weighted by atomic mass is 9.97. The molecule has 0 saturated carbocycles.